The van der Waals surface area contributed by atoms with Crippen LogP contribution in [0.2, 0.25) is 0 Å². The highest BCUT2D eigenvalue weighted by atomic mass is 19.1. The number of allylic oxidation sites excluding steroid dienone is 1. The number of carbonyl (C=O) groups is 2. The summed E-state index contributed by atoms with van der Waals surface area (Å²) < 4.78 is 18.9. The van der Waals surface area contributed by atoms with Crippen molar-refractivity contribution in [3.63, 3.8) is 0 Å². The molecule has 1 saturated heterocycles. The first kappa shape index (κ1) is 21.9. The van der Waals surface area contributed by atoms with Gasteiger partial charge in [0, 0.05) is 26.2 Å². The molecule has 1 amide bonds. The Kier molecular flexibility index (Phi) is 6.78. The molecule has 2 aromatic carbocycles. The molecule has 2 aliphatic heterocycles. The number of ketones is 1. The maximum atomic E-state index is 13.5. The monoisotopic (exact) mass is 436 g/mol. The lowest BCUT2D eigenvalue weighted by molar-refractivity contribution is -0.129. The summed E-state index contributed by atoms with van der Waals surface area (Å²) in [6, 6.07) is 14.2. The van der Waals surface area contributed by atoms with E-state index < -0.39 is 29.3 Å². The van der Waals surface area contributed by atoms with Crippen molar-refractivity contribution in [2.75, 3.05) is 39.4 Å². The van der Waals surface area contributed by atoms with Gasteiger partial charge in [0.1, 0.15) is 5.82 Å². The van der Waals surface area contributed by atoms with Crippen LogP contribution in [0.25, 0.3) is 6.08 Å². The zero-order chi connectivity index (χ0) is 22.5. The molecule has 0 aliphatic carbocycles. The number of benzene rings is 2. The van der Waals surface area contributed by atoms with Gasteiger partial charge >= 0.3 is 0 Å². The Labute approximate surface area is 186 Å². The first-order valence-corrected chi connectivity index (χ1v) is 10.6. The molecule has 1 fully saturated rings. The number of hydrogen-bond acceptors (Lipinski definition) is 5. The molecule has 4 rings (SSSR count). The summed E-state index contributed by atoms with van der Waals surface area (Å²) in [5.41, 5.74) is 1.41. The summed E-state index contributed by atoms with van der Waals surface area (Å²) in [6.07, 6.45) is 3.00. The van der Waals surface area contributed by atoms with Crippen molar-refractivity contribution in [3.8, 4) is 0 Å². The molecule has 6 nitrogen and oxygen atoms in total. The summed E-state index contributed by atoms with van der Waals surface area (Å²) >= 11 is 0. The Morgan fingerprint density at radius 2 is 1.75 bits per heavy atom. The van der Waals surface area contributed by atoms with Crippen molar-refractivity contribution in [2.45, 2.75) is 6.04 Å². The van der Waals surface area contributed by atoms with Crippen LogP contribution >= 0.6 is 0 Å². The van der Waals surface area contributed by atoms with Crippen molar-refractivity contribution in [2.24, 2.45) is 0 Å². The van der Waals surface area contributed by atoms with Gasteiger partial charge in [-0.15, -0.1) is 0 Å². The van der Waals surface area contributed by atoms with Crippen molar-refractivity contribution in [1.29, 1.82) is 0 Å². The molecule has 0 radical (unpaired) electrons. The highest BCUT2D eigenvalue weighted by molar-refractivity contribution is 6.14. The Hall–Kier alpha value is -3.29. The molecule has 0 saturated carbocycles. The van der Waals surface area contributed by atoms with Gasteiger partial charge in [0.25, 0.3) is 5.91 Å². The first-order valence-electron chi connectivity index (χ1n) is 10.6. The van der Waals surface area contributed by atoms with Crippen molar-refractivity contribution in [3.05, 3.63) is 88.9 Å². The zero-order valence-electron chi connectivity index (χ0n) is 17.6. The summed E-state index contributed by atoms with van der Waals surface area (Å²) in [6.45, 7) is 3.69. The number of rotatable bonds is 7. The predicted molar refractivity (Wildman–Crippen MR) is 118 cm³/mol. The molecule has 0 bridgehead atoms. The van der Waals surface area contributed by atoms with Crippen LogP contribution < -0.4 is 0 Å². The van der Waals surface area contributed by atoms with Gasteiger partial charge in [0.2, 0.25) is 0 Å². The fourth-order valence-electron chi connectivity index (χ4n) is 4.03. The van der Waals surface area contributed by atoms with Gasteiger partial charge in [0.05, 0.1) is 24.8 Å². The molecule has 166 valence electrons. The van der Waals surface area contributed by atoms with E-state index in [0.717, 1.165) is 18.7 Å². The SMILES string of the molecule is O=C(/C=C/c1ccccc1)C1=C(O)C(=O)N(CCN2CCOCC2)C1c1ccc(F)cc1. The van der Waals surface area contributed by atoms with Crippen LogP contribution in [-0.2, 0) is 14.3 Å². The Bertz CT molecular complexity index is 1030. The second-order valence-electron chi connectivity index (χ2n) is 7.78. The highest BCUT2D eigenvalue weighted by Crippen LogP contribution is 2.38. The Morgan fingerprint density at radius 3 is 2.44 bits per heavy atom. The van der Waals surface area contributed by atoms with Crippen molar-refractivity contribution >= 4 is 17.8 Å². The molecule has 1 N–H and O–H groups in total. The number of carbonyl (C=O) groups excluding carboxylic acids is 2. The van der Waals surface area contributed by atoms with Gasteiger partial charge in [-0.2, -0.15) is 0 Å². The standard InChI is InChI=1S/C25H25FN2O4/c26-20-9-7-19(8-10-20)23-22(21(29)11-6-18-4-2-1-3-5-18)24(30)25(31)28(23)13-12-27-14-16-32-17-15-27/h1-11,23,30H,12-17H2/b11-6+. The lowest BCUT2D eigenvalue weighted by Crippen LogP contribution is -2.43. The van der Waals surface area contributed by atoms with E-state index in [1.165, 1.54) is 23.1 Å². The maximum Gasteiger partial charge on any atom is 0.290 e. The topological polar surface area (TPSA) is 70.1 Å². The number of nitrogens with zero attached hydrogens (tertiary/aromatic N) is 2. The zero-order valence-corrected chi connectivity index (χ0v) is 17.6. The second kappa shape index (κ2) is 9.89. The van der Waals surface area contributed by atoms with Crippen LogP contribution in [0.3, 0.4) is 0 Å². The molecule has 1 unspecified atom stereocenters. The smallest absolute Gasteiger partial charge is 0.290 e. The molecule has 7 heteroatoms. The van der Waals surface area contributed by atoms with Gasteiger partial charge in [-0.05, 0) is 29.3 Å². The quantitative estimate of drug-likeness (QED) is 0.676. The molecule has 0 spiro atoms. The number of aliphatic hydroxyl groups is 1. The predicted octanol–water partition coefficient (Wildman–Crippen LogP) is 3.14. The molecule has 32 heavy (non-hydrogen) atoms. The average molecular weight is 436 g/mol. The summed E-state index contributed by atoms with van der Waals surface area (Å²) in [5, 5.41) is 10.6. The Morgan fingerprint density at radius 1 is 1.06 bits per heavy atom. The minimum Gasteiger partial charge on any atom is -0.503 e. The summed E-state index contributed by atoms with van der Waals surface area (Å²) in [7, 11) is 0. The lowest BCUT2D eigenvalue weighted by atomic mass is 9.95. The van der Waals surface area contributed by atoms with Crippen molar-refractivity contribution < 1.29 is 23.8 Å². The van der Waals surface area contributed by atoms with Gasteiger partial charge < -0.3 is 14.7 Å². The van der Waals surface area contributed by atoms with Crippen LogP contribution in [-0.4, -0.2) is 66.0 Å². The number of aliphatic hydroxyl groups excluding tert-OH is 1. The van der Waals surface area contributed by atoms with E-state index in [-0.39, 0.29) is 5.57 Å². The number of amides is 1. The molecule has 2 aromatic rings. The van der Waals surface area contributed by atoms with E-state index in [4.69, 9.17) is 4.74 Å². The molecular formula is C25H25FN2O4. The third-order valence-corrected chi connectivity index (χ3v) is 5.74. The summed E-state index contributed by atoms with van der Waals surface area (Å²) in [5.74, 6) is -2.01. The van der Waals surface area contributed by atoms with E-state index in [1.807, 2.05) is 30.3 Å². The second-order valence-corrected chi connectivity index (χ2v) is 7.78. The van der Waals surface area contributed by atoms with Gasteiger partial charge in [0.15, 0.2) is 11.5 Å². The molecule has 1 atom stereocenters. The van der Waals surface area contributed by atoms with E-state index in [0.29, 0.717) is 31.9 Å². The molecular weight excluding hydrogens is 411 g/mol. The highest BCUT2D eigenvalue weighted by Gasteiger charge is 2.42. The van der Waals surface area contributed by atoms with Crippen LogP contribution in [0, 0.1) is 5.82 Å². The average Bonchev–Trinajstić information content (AvgIpc) is 3.08. The van der Waals surface area contributed by atoms with E-state index in [1.54, 1.807) is 18.2 Å². The van der Waals surface area contributed by atoms with E-state index in [9.17, 15) is 19.1 Å². The lowest BCUT2D eigenvalue weighted by Gasteiger charge is -2.31. The number of ether oxygens (including phenoxy) is 1. The minimum atomic E-state index is -0.780. The van der Waals surface area contributed by atoms with Crippen LogP contribution in [0.1, 0.15) is 17.2 Å². The Balaban J connectivity index is 1.61. The van der Waals surface area contributed by atoms with Crippen LogP contribution in [0.15, 0.2) is 72.0 Å². The van der Waals surface area contributed by atoms with E-state index in [2.05, 4.69) is 4.90 Å². The van der Waals surface area contributed by atoms with E-state index >= 15 is 0 Å². The number of hydrogen-bond donors (Lipinski definition) is 1. The van der Waals surface area contributed by atoms with Gasteiger partial charge in [-0.3, -0.25) is 14.5 Å². The van der Waals surface area contributed by atoms with Gasteiger partial charge in [-0.25, -0.2) is 4.39 Å². The summed E-state index contributed by atoms with van der Waals surface area (Å²) in [4.78, 5) is 29.7. The first-order chi connectivity index (χ1) is 15.5. The normalized spacial score (nSPS) is 19.8. The number of halogens is 1. The molecule has 2 aliphatic rings. The van der Waals surface area contributed by atoms with Crippen LogP contribution in [0.5, 0.6) is 0 Å². The third-order valence-electron chi connectivity index (χ3n) is 5.74. The maximum absolute atomic E-state index is 13.5. The molecule has 0 aromatic heterocycles. The van der Waals surface area contributed by atoms with Crippen molar-refractivity contribution in [1.82, 2.24) is 9.80 Å². The van der Waals surface area contributed by atoms with Crippen LogP contribution in [0.4, 0.5) is 4.39 Å². The third kappa shape index (κ3) is 4.79. The largest absolute Gasteiger partial charge is 0.503 e. The molecule has 2 heterocycles. The fourth-order valence-corrected chi connectivity index (χ4v) is 4.03. The van der Waals surface area contributed by atoms with Gasteiger partial charge in [-0.1, -0.05) is 48.5 Å². The minimum absolute atomic E-state index is 0.00997. The fraction of sp³-hybridized carbons (Fsp3) is 0.280. The number of morpholine rings is 1.